The van der Waals surface area contributed by atoms with Crippen LogP contribution in [0.1, 0.15) is 4.88 Å². The third-order valence-electron chi connectivity index (χ3n) is 3.54. The number of thiophene rings is 1. The summed E-state index contributed by atoms with van der Waals surface area (Å²) >= 11 is 1.61. The average Bonchev–Trinajstić information content (AvgIpc) is 3.11. The zero-order valence-corrected chi connectivity index (χ0v) is 14.1. The standard InChI is InChI=1S/C17H16N4O3S/c22-15(20-17(24)18-8-7-12-4-3-9-25-12)10-21-11-19-14-6-2-1-5-13(14)16(21)23/h1-6,9,11H,7-8,10H2,(H2,18,20,22,24). The van der Waals surface area contributed by atoms with Gasteiger partial charge in [-0.05, 0) is 30.0 Å². The first-order valence-electron chi connectivity index (χ1n) is 7.68. The number of fused-ring (bicyclic) bond motifs is 1. The number of carbonyl (C=O) groups is 2. The molecular weight excluding hydrogens is 340 g/mol. The molecule has 0 unspecified atom stereocenters. The summed E-state index contributed by atoms with van der Waals surface area (Å²) < 4.78 is 1.18. The topological polar surface area (TPSA) is 93.1 Å². The van der Waals surface area contributed by atoms with Gasteiger partial charge in [0, 0.05) is 11.4 Å². The minimum atomic E-state index is -0.580. The largest absolute Gasteiger partial charge is 0.337 e. The highest BCUT2D eigenvalue weighted by Gasteiger charge is 2.10. The molecule has 0 saturated carbocycles. The van der Waals surface area contributed by atoms with Crippen LogP contribution in [0.5, 0.6) is 0 Å². The van der Waals surface area contributed by atoms with E-state index in [9.17, 15) is 14.4 Å². The first kappa shape index (κ1) is 16.8. The Labute approximate surface area is 147 Å². The van der Waals surface area contributed by atoms with Gasteiger partial charge in [-0.1, -0.05) is 18.2 Å². The van der Waals surface area contributed by atoms with Crippen molar-refractivity contribution in [2.45, 2.75) is 13.0 Å². The molecule has 8 heteroatoms. The number of rotatable bonds is 5. The molecule has 0 aliphatic carbocycles. The van der Waals surface area contributed by atoms with Gasteiger partial charge >= 0.3 is 6.03 Å². The Balaban J connectivity index is 1.54. The minimum Gasteiger partial charge on any atom is -0.337 e. The molecule has 1 aromatic carbocycles. The van der Waals surface area contributed by atoms with Crippen LogP contribution in [0.4, 0.5) is 4.79 Å². The summed E-state index contributed by atoms with van der Waals surface area (Å²) in [6.07, 6.45) is 2.01. The van der Waals surface area contributed by atoms with Crippen molar-refractivity contribution in [3.05, 3.63) is 63.3 Å². The van der Waals surface area contributed by atoms with Crippen LogP contribution in [0.25, 0.3) is 10.9 Å². The van der Waals surface area contributed by atoms with Crippen molar-refractivity contribution in [3.63, 3.8) is 0 Å². The Morgan fingerprint density at radius 3 is 2.80 bits per heavy atom. The Bertz CT molecular complexity index is 950. The Kier molecular flexibility index (Phi) is 5.20. The molecular formula is C17H16N4O3S. The number of para-hydroxylation sites is 1. The van der Waals surface area contributed by atoms with Gasteiger partial charge in [0.15, 0.2) is 0 Å². The van der Waals surface area contributed by atoms with Crippen LogP contribution in [0.15, 0.2) is 52.9 Å². The van der Waals surface area contributed by atoms with Crippen LogP contribution in [0, 0.1) is 0 Å². The van der Waals surface area contributed by atoms with E-state index in [1.807, 2.05) is 17.5 Å². The molecule has 0 bridgehead atoms. The van der Waals surface area contributed by atoms with Gasteiger partial charge in [-0.25, -0.2) is 9.78 Å². The molecule has 2 heterocycles. The van der Waals surface area contributed by atoms with Crippen molar-refractivity contribution < 1.29 is 9.59 Å². The molecule has 3 aromatic rings. The lowest BCUT2D eigenvalue weighted by atomic mass is 10.2. The van der Waals surface area contributed by atoms with Gasteiger partial charge < -0.3 is 5.32 Å². The van der Waals surface area contributed by atoms with E-state index in [1.54, 1.807) is 35.6 Å². The first-order chi connectivity index (χ1) is 12.1. The summed E-state index contributed by atoms with van der Waals surface area (Å²) in [5.41, 5.74) is 0.245. The second kappa shape index (κ2) is 7.71. The van der Waals surface area contributed by atoms with Crippen LogP contribution in [-0.2, 0) is 17.8 Å². The summed E-state index contributed by atoms with van der Waals surface area (Å²) in [5, 5.41) is 7.22. The molecule has 0 radical (unpaired) electrons. The normalized spacial score (nSPS) is 10.6. The molecule has 0 spiro atoms. The zero-order chi connectivity index (χ0) is 17.6. The number of carbonyl (C=O) groups excluding carboxylic acids is 2. The van der Waals surface area contributed by atoms with E-state index in [1.165, 1.54) is 10.9 Å². The third-order valence-corrected chi connectivity index (χ3v) is 4.47. The smallest absolute Gasteiger partial charge is 0.321 e. The van der Waals surface area contributed by atoms with Crippen LogP contribution < -0.4 is 16.2 Å². The number of nitrogens with zero attached hydrogens (tertiary/aromatic N) is 2. The number of nitrogens with one attached hydrogen (secondary N) is 2. The quantitative estimate of drug-likeness (QED) is 0.725. The lowest BCUT2D eigenvalue weighted by molar-refractivity contribution is -0.120. The van der Waals surface area contributed by atoms with E-state index in [0.29, 0.717) is 23.9 Å². The summed E-state index contributed by atoms with van der Waals surface area (Å²) in [6.45, 7) is 0.159. The van der Waals surface area contributed by atoms with Crippen LogP contribution in [0.3, 0.4) is 0 Å². The van der Waals surface area contributed by atoms with Gasteiger partial charge in [0.2, 0.25) is 5.91 Å². The maximum absolute atomic E-state index is 12.3. The maximum atomic E-state index is 12.3. The molecule has 0 aliphatic rings. The highest BCUT2D eigenvalue weighted by atomic mass is 32.1. The number of imide groups is 1. The fourth-order valence-corrected chi connectivity index (χ4v) is 3.05. The molecule has 0 saturated heterocycles. The fraction of sp³-hybridized carbons (Fsp3) is 0.176. The van der Waals surface area contributed by atoms with Crippen molar-refractivity contribution >= 4 is 34.2 Å². The molecule has 2 N–H and O–H groups in total. The van der Waals surface area contributed by atoms with Crippen molar-refractivity contribution in [1.29, 1.82) is 0 Å². The molecule has 2 aromatic heterocycles. The van der Waals surface area contributed by atoms with E-state index in [0.717, 1.165) is 4.88 Å². The third kappa shape index (κ3) is 4.30. The molecule has 25 heavy (non-hydrogen) atoms. The predicted molar refractivity (Wildman–Crippen MR) is 95.6 cm³/mol. The Morgan fingerprint density at radius 1 is 1.16 bits per heavy atom. The van der Waals surface area contributed by atoms with Crippen LogP contribution in [-0.4, -0.2) is 28.0 Å². The SMILES string of the molecule is O=C(Cn1cnc2ccccc2c1=O)NC(=O)NCCc1cccs1. The zero-order valence-electron chi connectivity index (χ0n) is 13.3. The molecule has 0 atom stereocenters. The Morgan fingerprint density at radius 2 is 2.00 bits per heavy atom. The van der Waals surface area contributed by atoms with E-state index in [2.05, 4.69) is 15.6 Å². The van der Waals surface area contributed by atoms with E-state index in [4.69, 9.17) is 0 Å². The van der Waals surface area contributed by atoms with Gasteiger partial charge in [0.25, 0.3) is 5.56 Å². The lowest BCUT2D eigenvalue weighted by Crippen LogP contribution is -2.42. The van der Waals surface area contributed by atoms with Crippen LogP contribution in [0.2, 0.25) is 0 Å². The maximum Gasteiger partial charge on any atom is 0.321 e. The van der Waals surface area contributed by atoms with E-state index < -0.39 is 11.9 Å². The number of hydrogen-bond acceptors (Lipinski definition) is 5. The molecule has 3 rings (SSSR count). The lowest BCUT2D eigenvalue weighted by Gasteiger charge is -2.08. The summed E-state index contributed by atoms with van der Waals surface area (Å²) in [5.74, 6) is -0.576. The number of amides is 3. The summed E-state index contributed by atoms with van der Waals surface area (Å²) in [4.78, 5) is 41.3. The highest BCUT2D eigenvalue weighted by molar-refractivity contribution is 7.09. The van der Waals surface area contributed by atoms with Crippen molar-refractivity contribution in [2.24, 2.45) is 0 Å². The molecule has 0 aliphatic heterocycles. The van der Waals surface area contributed by atoms with Gasteiger partial charge in [0.05, 0.1) is 17.2 Å². The molecule has 0 fully saturated rings. The van der Waals surface area contributed by atoms with E-state index >= 15 is 0 Å². The van der Waals surface area contributed by atoms with Crippen molar-refractivity contribution in [1.82, 2.24) is 20.2 Å². The van der Waals surface area contributed by atoms with Gasteiger partial charge in [0.1, 0.15) is 6.54 Å². The van der Waals surface area contributed by atoms with Gasteiger partial charge in [-0.2, -0.15) is 0 Å². The Hall–Kier alpha value is -3.00. The van der Waals surface area contributed by atoms with Crippen molar-refractivity contribution in [3.8, 4) is 0 Å². The monoisotopic (exact) mass is 356 g/mol. The summed E-state index contributed by atoms with van der Waals surface area (Å²) in [7, 11) is 0. The number of urea groups is 1. The molecule has 128 valence electrons. The number of hydrogen-bond donors (Lipinski definition) is 2. The molecule has 7 nitrogen and oxygen atoms in total. The van der Waals surface area contributed by atoms with Crippen LogP contribution >= 0.6 is 11.3 Å². The van der Waals surface area contributed by atoms with Gasteiger partial charge in [-0.3, -0.25) is 19.5 Å². The fourth-order valence-electron chi connectivity index (χ4n) is 2.34. The molecule has 3 amide bonds. The highest BCUT2D eigenvalue weighted by Crippen LogP contribution is 2.08. The second-order valence-corrected chi connectivity index (χ2v) is 6.36. The number of aromatic nitrogens is 2. The van der Waals surface area contributed by atoms with Crippen molar-refractivity contribution in [2.75, 3.05) is 6.54 Å². The predicted octanol–water partition coefficient (Wildman–Crippen LogP) is 1.53. The number of benzene rings is 1. The van der Waals surface area contributed by atoms with Gasteiger partial charge in [-0.15, -0.1) is 11.3 Å². The summed E-state index contributed by atoms with van der Waals surface area (Å²) in [6, 6.07) is 10.2. The second-order valence-electron chi connectivity index (χ2n) is 5.33. The van der Waals surface area contributed by atoms with E-state index in [-0.39, 0.29) is 12.1 Å². The average molecular weight is 356 g/mol. The first-order valence-corrected chi connectivity index (χ1v) is 8.56. The minimum absolute atomic E-state index is 0.269.